The molecule has 0 spiro atoms. The van der Waals surface area contributed by atoms with E-state index in [9.17, 15) is 0 Å². The summed E-state index contributed by atoms with van der Waals surface area (Å²) in [6, 6.07) is 10.4. The predicted octanol–water partition coefficient (Wildman–Crippen LogP) is 4.36. The Morgan fingerprint density at radius 2 is 1.94 bits per heavy atom. The molecule has 16 heavy (non-hydrogen) atoms. The monoisotopic (exact) mass is 230 g/mol. The predicted molar refractivity (Wildman–Crippen MR) is 70.5 cm³/mol. The number of thiazole rings is 1. The highest BCUT2D eigenvalue weighted by Crippen LogP contribution is 2.23. The number of hydrogen-bond acceptors (Lipinski definition) is 2. The Labute approximate surface area is 101 Å². The summed E-state index contributed by atoms with van der Waals surface area (Å²) in [5, 5.41) is 3.30. The molecule has 0 saturated heterocycles. The molecule has 0 unspecified atom stereocenters. The van der Waals surface area contributed by atoms with E-state index in [0.29, 0.717) is 0 Å². The molecule has 0 atom stereocenters. The minimum Gasteiger partial charge on any atom is -0.241 e. The van der Waals surface area contributed by atoms with Crippen molar-refractivity contribution in [3.8, 4) is 10.6 Å². The van der Waals surface area contributed by atoms with E-state index in [4.69, 9.17) is 0 Å². The molecule has 1 aromatic heterocycles. The number of nitrogens with zero attached hydrogens (tertiary/aromatic N) is 1. The van der Waals surface area contributed by atoms with Gasteiger partial charge in [-0.25, -0.2) is 4.98 Å². The van der Waals surface area contributed by atoms with Gasteiger partial charge in [0, 0.05) is 10.9 Å². The number of rotatable bonds is 5. The molecule has 0 bridgehead atoms. The van der Waals surface area contributed by atoms with E-state index >= 15 is 0 Å². The van der Waals surface area contributed by atoms with E-state index in [1.807, 2.05) is 6.07 Å². The smallest absolute Gasteiger partial charge is 0.123 e. The molecule has 0 amide bonds. The van der Waals surface area contributed by atoms with E-state index in [2.05, 4.69) is 41.6 Å². The van der Waals surface area contributed by atoms with Crippen molar-refractivity contribution in [3.05, 3.63) is 48.3 Å². The highest BCUT2D eigenvalue weighted by Gasteiger charge is 2.03. The maximum absolute atomic E-state index is 4.65. The summed E-state index contributed by atoms with van der Waals surface area (Å²) in [6.45, 7) is 3.85. The first kappa shape index (κ1) is 11.3. The molecule has 2 rings (SSSR count). The molecule has 1 nitrogen and oxygen atoms in total. The summed E-state index contributed by atoms with van der Waals surface area (Å²) < 4.78 is 0. The van der Waals surface area contributed by atoms with Gasteiger partial charge in [0.15, 0.2) is 0 Å². The number of hydrogen-bond donors (Lipinski definition) is 0. The maximum atomic E-state index is 4.65. The zero-order valence-electron chi connectivity index (χ0n) is 9.36. The van der Waals surface area contributed by atoms with E-state index in [0.717, 1.165) is 17.8 Å². The van der Waals surface area contributed by atoms with Gasteiger partial charge >= 0.3 is 0 Å². The van der Waals surface area contributed by atoms with Crippen LogP contribution in [0.4, 0.5) is 0 Å². The lowest BCUT2D eigenvalue weighted by molar-refractivity contribution is 0.736. The molecule has 0 saturated carbocycles. The van der Waals surface area contributed by atoms with Gasteiger partial charge in [0.25, 0.3) is 0 Å². The average Bonchev–Trinajstić information content (AvgIpc) is 2.79. The fraction of sp³-hybridized carbons (Fsp3) is 0.286. The Morgan fingerprint density at radius 1 is 1.12 bits per heavy atom. The minimum absolute atomic E-state index is 1.02. The Kier molecular flexibility index (Phi) is 4.11. The Morgan fingerprint density at radius 3 is 2.69 bits per heavy atom. The summed E-state index contributed by atoms with van der Waals surface area (Å²) >= 11 is 1.73. The van der Waals surface area contributed by atoms with Crippen LogP contribution in [0, 0.1) is 6.92 Å². The molecule has 2 heteroatoms. The van der Waals surface area contributed by atoms with Gasteiger partial charge in [0.2, 0.25) is 0 Å². The van der Waals surface area contributed by atoms with Crippen molar-refractivity contribution in [3.63, 3.8) is 0 Å². The van der Waals surface area contributed by atoms with Gasteiger partial charge in [0.05, 0.1) is 5.69 Å². The first-order chi connectivity index (χ1) is 7.90. The molecule has 1 radical (unpaired) electrons. The second kappa shape index (κ2) is 5.80. The summed E-state index contributed by atoms with van der Waals surface area (Å²) in [4.78, 5) is 4.65. The largest absolute Gasteiger partial charge is 0.241 e. The molecule has 1 aromatic carbocycles. The second-order valence-corrected chi connectivity index (χ2v) is 4.68. The van der Waals surface area contributed by atoms with Gasteiger partial charge in [-0.1, -0.05) is 50.1 Å². The molecule has 0 aliphatic carbocycles. The highest BCUT2D eigenvalue weighted by atomic mass is 32.1. The number of aromatic nitrogens is 1. The van der Waals surface area contributed by atoms with Crippen molar-refractivity contribution in [2.24, 2.45) is 0 Å². The second-order valence-electron chi connectivity index (χ2n) is 3.82. The van der Waals surface area contributed by atoms with Crippen LogP contribution in [0.1, 0.15) is 25.0 Å². The number of unbranched alkanes of at least 4 members (excludes halogenated alkanes) is 2. The minimum atomic E-state index is 1.02. The molecule has 0 N–H and O–H groups in total. The van der Waals surface area contributed by atoms with Crippen molar-refractivity contribution < 1.29 is 0 Å². The summed E-state index contributed by atoms with van der Waals surface area (Å²) in [6.07, 6.45) is 4.49. The van der Waals surface area contributed by atoms with E-state index in [1.54, 1.807) is 11.3 Å². The van der Waals surface area contributed by atoms with Gasteiger partial charge in [-0.2, -0.15) is 0 Å². The molecule has 2 aromatic rings. The standard InChI is InChI=1S/C14H16NS/c1-2-3-5-10-13-11-16-14(15-13)12-8-6-4-7-9-12/h4,6-9,11H,1-3,5,10H2. The molecule has 0 fully saturated rings. The fourth-order valence-electron chi connectivity index (χ4n) is 1.62. The Hall–Kier alpha value is -1.15. The van der Waals surface area contributed by atoms with Crippen LogP contribution in [-0.2, 0) is 6.42 Å². The highest BCUT2D eigenvalue weighted by molar-refractivity contribution is 7.13. The average molecular weight is 230 g/mol. The number of aryl methyl sites for hydroxylation is 1. The molecule has 1 heterocycles. The van der Waals surface area contributed by atoms with E-state index in [-0.39, 0.29) is 0 Å². The van der Waals surface area contributed by atoms with Crippen molar-refractivity contribution in [1.82, 2.24) is 4.98 Å². The molecular weight excluding hydrogens is 214 g/mol. The normalized spacial score (nSPS) is 10.6. The van der Waals surface area contributed by atoms with Crippen molar-refractivity contribution in [2.75, 3.05) is 0 Å². The van der Waals surface area contributed by atoms with Crippen LogP contribution in [0.15, 0.2) is 35.7 Å². The van der Waals surface area contributed by atoms with E-state index < -0.39 is 0 Å². The lowest BCUT2D eigenvalue weighted by Gasteiger charge is -1.95. The first-order valence-corrected chi connectivity index (χ1v) is 6.57. The summed E-state index contributed by atoms with van der Waals surface area (Å²) in [5.41, 5.74) is 2.44. The summed E-state index contributed by atoms with van der Waals surface area (Å²) in [5.74, 6) is 0. The third-order valence-electron chi connectivity index (χ3n) is 2.51. The summed E-state index contributed by atoms with van der Waals surface area (Å²) in [7, 11) is 0. The van der Waals surface area contributed by atoms with Crippen molar-refractivity contribution in [1.29, 1.82) is 0 Å². The third-order valence-corrected chi connectivity index (χ3v) is 3.45. The molecular formula is C14H16NS. The lowest BCUT2D eigenvalue weighted by atomic mass is 10.2. The van der Waals surface area contributed by atoms with Crippen LogP contribution in [-0.4, -0.2) is 4.98 Å². The van der Waals surface area contributed by atoms with Gasteiger partial charge in [-0.15, -0.1) is 11.3 Å². The zero-order chi connectivity index (χ0) is 11.2. The molecule has 0 aliphatic rings. The fourth-order valence-corrected chi connectivity index (χ4v) is 2.48. The molecule has 0 aliphatic heterocycles. The lowest BCUT2D eigenvalue weighted by Crippen LogP contribution is -1.85. The van der Waals surface area contributed by atoms with Crippen LogP contribution in [0.25, 0.3) is 10.6 Å². The van der Waals surface area contributed by atoms with Gasteiger partial charge < -0.3 is 0 Å². The van der Waals surface area contributed by atoms with E-state index in [1.165, 1.54) is 24.1 Å². The van der Waals surface area contributed by atoms with Crippen molar-refractivity contribution >= 4 is 11.3 Å². The van der Waals surface area contributed by atoms with Crippen LogP contribution < -0.4 is 0 Å². The van der Waals surface area contributed by atoms with Crippen LogP contribution in [0.3, 0.4) is 0 Å². The SMILES string of the molecule is [CH2]CCCCc1csc(-c2ccccc2)n1. The topological polar surface area (TPSA) is 12.9 Å². The van der Waals surface area contributed by atoms with Crippen molar-refractivity contribution in [2.45, 2.75) is 25.7 Å². The number of benzene rings is 1. The zero-order valence-corrected chi connectivity index (χ0v) is 10.2. The first-order valence-electron chi connectivity index (χ1n) is 5.69. The Bertz CT molecular complexity index is 419. The van der Waals surface area contributed by atoms with Crippen LogP contribution in [0.5, 0.6) is 0 Å². The Balaban J connectivity index is 2.02. The maximum Gasteiger partial charge on any atom is 0.123 e. The quantitative estimate of drug-likeness (QED) is 0.696. The third kappa shape index (κ3) is 2.92. The molecule has 83 valence electrons. The van der Waals surface area contributed by atoms with Gasteiger partial charge in [0.1, 0.15) is 5.01 Å². The van der Waals surface area contributed by atoms with Gasteiger partial charge in [-0.05, 0) is 12.8 Å². The van der Waals surface area contributed by atoms with Gasteiger partial charge in [-0.3, -0.25) is 0 Å². The van der Waals surface area contributed by atoms with Crippen LogP contribution >= 0.6 is 11.3 Å². The van der Waals surface area contributed by atoms with Crippen LogP contribution in [0.2, 0.25) is 0 Å².